The van der Waals surface area contributed by atoms with Gasteiger partial charge in [-0.3, -0.25) is 4.79 Å². The van der Waals surface area contributed by atoms with Gasteiger partial charge in [-0.05, 0) is 12.8 Å². The van der Waals surface area contributed by atoms with Crippen LogP contribution in [-0.2, 0) is 4.79 Å². The minimum absolute atomic E-state index is 0. The van der Waals surface area contributed by atoms with E-state index in [9.17, 15) is 4.79 Å². The van der Waals surface area contributed by atoms with Crippen LogP contribution in [-0.4, -0.2) is 43.9 Å². The van der Waals surface area contributed by atoms with E-state index in [1.54, 1.807) is 0 Å². The van der Waals surface area contributed by atoms with Crippen molar-refractivity contribution in [2.45, 2.75) is 18.4 Å². The summed E-state index contributed by atoms with van der Waals surface area (Å²) < 4.78 is 0. The van der Waals surface area contributed by atoms with Gasteiger partial charge in [0.1, 0.15) is 5.54 Å². The first-order chi connectivity index (χ1) is 3.15. The Morgan fingerprint density at radius 2 is 2.00 bits per heavy atom. The quantitative estimate of drug-likeness (QED) is 0.589. The average molecular weight is 310 g/mol. The van der Waals surface area contributed by atoms with Crippen molar-refractivity contribution in [3.8, 4) is 0 Å². The second-order valence-electron chi connectivity index (χ2n) is 1.96. The van der Waals surface area contributed by atoms with Crippen LogP contribution in [0.1, 0.15) is 12.8 Å². The second kappa shape index (κ2) is 2.30. The van der Waals surface area contributed by atoms with E-state index in [0.717, 1.165) is 0 Å². The fraction of sp³-hybridized carbons (Fsp3) is 0.750. The van der Waals surface area contributed by atoms with Gasteiger partial charge in [0.25, 0.3) is 0 Å². The van der Waals surface area contributed by atoms with E-state index in [1.807, 2.05) is 0 Å². The predicted molar refractivity (Wildman–Crippen MR) is 32.3 cm³/mol. The van der Waals surface area contributed by atoms with Crippen LogP contribution in [0.15, 0.2) is 0 Å². The van der Waals surface area contributed by atoms with Crippen molar-refractivity contribution in [1.82, 2.24) is 0 Å². The van der Waals surface area contributed by atoms with E-state index in [-0.39, 0.29) is 27.3 Å². The molecule has 0 amide bonds. The third-order valence-corrected chi connectivity index (χ3v) is 1.21. The normalized spacial score (nSPS) is 21.1. The van der Waals surface area contributed by atoms with Crippen molar-refractivity contribution >= 4 is 33.3 Å². The van der Waals surface area contributed by atoms with Gasteiger partial charge in [-0.15, -0.1) is 0 Å². The van der Waals surface area contributed by atoms with Gasteiger partial charge in [-0.1, -0.05) is 0 Å². The molecule has 1 saturated carbocycles. The molecule has 4 heteroatoms. The Bertz CT molecular complexity index is 111. The van der Waals surface area contributed by atoms with Crippen LogP contribution >= 0.6 is 0 Å². The SMILES string of the molecule is NC1(C(=O)O)CC1.[PbH2]. The first-order valence-corrected chi connectivity index (χ1v) is 2.17. The Morgan fingerprint density at radius 3 is 2.00 bits per heavy atom. The van der Waals surface area contributed by atoms with Gasteiger partial charge in [0, 0.05) is 0 Å². The Morgan fingerprint density at radius 1 is 1.62 bits per heavy atom. The molecule has 1 fully saturated rings. The number of aliphatic carboxylic acids is 1. The summed E-state index contributed by atoms with van der Waals surface area (Å²) in [4.78, 5) is 9.96. The zero-order chi connectivity index (χ0) is 5.49. The molecular formula is C4H9NO2Pb. The molecule has 0 aliphatic heterocycles. The van der Waals surface area contributed by atoms with Crippen LogP contribution in [0.4, 0.5) is 0 Å². The van der Waals surface area contributed by atoms with Crippen LogP contribution < -0.4 is 5.73 Å². The molecule has 1 aliphatic carbocycles. The topological polar surface area (TPSA) is 63.3 Å². The molecule has 0 aromatic heterocycles. The summed E-state index contributed by atoms with van der Waals surface area (Å²) in [5.74, 6) is -0.868. The Labute approximate surface area is 67.4 Å². The van der Waals surface area contributed by atoms with Crippen molar-refractivity contribution in [3.05, 3.63) is 0 Å². The van der Waals surface area contributed by atoms with Crippen LogP contribution in [0, 0.1) is 0 Å². The second-order valence-corrected chi connectivity index (χ2v) is 1.96. The van der Waals surface area contributed by atoms with E-state index in [2.05, 4.69) is 0 Å². The molecule has 46 valence electrons. The first-order valence-electron chi connectivity index (χ1n) is 2.17. The summed E-state index contributed by atoms with van der Waals surface area (Å²) in [7, 11) is 0. The molecule has 3 N–H and O–H groups in total. The van der Waals surface area contributed by atoms with Crippen LogP contribution in [0.25, 0.3) is 0 Å². The van der Waals surface area contributed by atoms with Crippen LogP contribution in [0.2, 0.25) is 0 Å². The molecule has 0 atom stereocenters. The Balaban J connectivity index is 0.000000490. The van der Waals surface area contributed by atoms with Crippen LogP contribution in [0.5, 0.6) is 0 Å². The van der Waals surface area contributed by atoms with Crippen molar-refractivity contribution < 1.29 is 9.90 Å². The summed E-state index contributed by atoms with van der Waals surface area (Å²) in [5, 5.41) is 8.19. The number of rotatable bonds is 1. The summed E-state index contributed by atoms with van der Waals surface area (Å²) >= 11 is 0. The molecule has 8 heavy (non-hydrogen) atoms. The summed E-state index contributed by atoms with van der Waals surface area (Å²) in [6.07, 6.45) is 1.28. The molecular weight excluding hydrogens is 301 g/mol. The predicted octanol–water partition coefficient (Wildman–Crippen LogP) is -1.35. The Hall–Kier alpha value is 0.352. The van der Waals surface area contributed by atoms with E-state index < -0.39 is 11.5 Å². The minimum atomic E-state index is -0.868. The third kappa shape index (κ3) is 1.41. The molecule has 0 aromatic carbocycles. The maximum absolute atomic E-state index is 9.96. The molecule has 2 radical (unpaired) electrons. The number of carboxylic acid groups (broad SMARTS) is 1. The molecule has 3 nitrogen and oxygen atoms in total. The molecule has 0 spiro atoms. The van der Waals surface area contributed by atoms with Crippen molar-refractivity contribution in [1.29, 1.82) is 0 Å². The standard InChI is InChI=1S/C4H7NO2.Pb.2H/c5-4(1-2-4)3(6)7;;;/h1-2,5H2,(H,6,7);;;. The maximum atomic E-state index is 9.96. The van der Waals surface area contributed by atoms with Gasteiger partial charge in [0.05, 0.1) is 0 Å². The zero-order valence-corrected chi connectivity index (χ0v) is 10.1. The van der Waals surface area contributed by atoms with Crippen molar-refractivity contribution in [2.75, 3.05) is 0 Å². The van der Waals surface area contributed by atoms with Gasteiger partial charge in [0.2, 0.25) is 0 Å². The fourth-order valence-corrected chi connectivity index (χ4v) is 0.349. The van der Waals surface area contributed by atoms with Gasteiger partial charge in [-0.25, -0.2) is 0 Å². The van der Waals surface area contributed by atoms with E-state index in [0.29, 0.717) is 12.8 Å². The Kier molecular flexibility index (Phi) is 2.40. The molecule has 0 heterocycles. The molecule has 1 aliphatic rings. The van der Waals surface area contributed by atoms with E-state index in [1.165, 1.54) is 0 Å². The number of carbonyl (C=O) groups is 1. The van der Waals surface area contributed by atoms with Gasteiger partial charge in [-0.2, -0.15) is 0 Å². The summed E-state index contributed by atoms with van der Waals surface area (Å²) in [6, 6.07) is 0. The average Bonchev–Trinajstić information content (AvgIpc) is 2.21. The summed E-state index contributed by atoms with van der Waals surface area (Å²) in [6.45, 7) is 0. The van der Waals surface area contributed by atoms with Crippen LogP contribution in [0.3, 0.4) is 0 Å². The molecule has 0 saturated heterocycles. The molecule has 0 bridgehead atoms. The zero-order valence-electron chi connectivity index (χ0n) is 4.55. The monoisotopic (exact) mass is 311 g/mol. The van der Waals surface area contributed by atoms with E-state index in [4.69, 9.17) is 10.8 Å². The van der Waals surface area contributed by atoms with E-state index >= 15 is 0 Å². The molecule has 0 aromatic rings. The number of nitrogens with two attached hydrogens (primary N) is 1. The summed E-state index contributed by atoms with van der Waals surface area (Å²) in [5.41, 5.74) is 4.36. The van der Waals surface area contributed by atoms with Gasteiger partial charge >= 0.3 is 33.3 Å². The fourth-order valence-electron chi connectivity index (χ4n) is 0.349. The van der Waals surface area contributed by atoms with Gasteiger partial charge in [0.15, 0.2) is 0 Å². The van der Waals surface area contributed by atoms with Gasteiger partial charge < -0.3 is 10.8 Å². The molecule has 0 unspecified atom stereocenters. The first kappa shape index (κ1) is 8.35. The number of hydrogen-bond acceptors (Lipinski definition) is 2. The third-order valence-electron chi connectivity index (χ3n) is 1.21. The van der Waals surface area contributed by atoms with Crippen molar-refractivity contribution in [2.24, 2.45) is 5.73 Å². The number of hydrogen-bond donors (Lipinski definition) is 2. The molecule has 1 rings (SSSR count). The number of carboxylic acids is 1. The van der Waals surface area contributed by atoms with Crippen molar-refractivity contribution in [3.63, 3.8) is 0 Å².